The molecule has 226 valence electrons. The Hall–Kier alpha value is -3.62. The van der Waals surface area contributed by atoms with Crippen molar-refractivity contribution in [1.82, 2.24) is 21.3 Å². The Morgan fingerprint density at radius 1 is 0.600 bits per heavy atom. The molecular weight excluding hydrogens is 580 g/mol. The smallest absolute Gasteiger partial charge is 0.320 e. The third kappa shape index (κ3) is 17.1. The van der Waals surface area contributed by atoms with Crippen LogP contribution in [0.3, 0.4) is 0 Å². The van der Waals surface area contributed by atoms with Crippen LogP contribution in [-0.4, -0.2) is 117 Å². The standard InChI is InChI=1S/C20H32N6O12S2/c21-9(19(35)36)1-3-23-17(33)11(25-13(27)5-15(29)30)7-39-40-8-12(26-14(28)6-16(31)32)18(34)24-4-2-10(22)20(37)38/h9-12H,1-8,21-22H2,(H,23,33)(H,24,34)(H,25,27)(H,26,28)(H,29,30)(H,31,32)(H,35,36)(H,37,38). The molecule has 0 saturated heterocycles. The topological polar surface area (TPSA) is 318 Å². The number of carboxylic acids is 4. The van der Waals surface area contributed by atoms with Gasteiger partial charge in [-0.05, 0) is 12.8 Å². The zero-order valence-electron chi connectivity index (χ0n) is 21.0. The summed E-state index contributed by atoms with van der Waals surface area (Å²) < 4.78 is 0. The first-order valence-electron chi connectivity index (χ1n) is 11.4. The summed E-state index contributed by atoms with van der Waals surface area (Å²) in [6, 6.07) is -5.03. The number of rotatable bonds is 21. The molecule has 0 fully saturated rings. The van der Waals surface area contributed by atoms with Crippen LogP contribution in [0.2, 0.25) is 0 Å². The number of amides is 4. The zero-order valence-corrected chi connectivity index (χ0v) is 22.6. The van der Waals surface area contributed by atoms with Gasteiger partial charge in [0.2, 0.25) is 23.6 Å². The Kier molecular flexibility index (Phi) is 17.7. The first-order valence-corrected chi connectivity index (χ1v) is 13.9. The van der Waals surface area contributed by atoms with E-state index in [2.05, 4.69) is 21.3 Å². The van der Waals surface area contributed by atoms with Crippen molar-refractivity contribution in [3.63, 3.8) is 0 Å². The molecular formula is C20H32N6O12S2. The van der Waals surface area contributed by atoms with Gasteiger partial charge in [-0.1, -0.05) is 21.6 Å². The van der Waals surface area contributed by atoms with Gasteiger partial charge in [-0.2, -0.15) is 0 Å². The van der Waals surface area contributed by atoms with Gasteiger partial charge >= 0.3 is 23.9 Å². The summed E-state index contributed by atoms with van der Waals surface area (Å²) in [6.45, 7) is -0.308. The van der Waals surface area contributed by atoms with Gasteiger partial charge in [-0.25, -0.2) is 0 Å². The molecule has 0 aliphatic carbocycles. The van der Waals surface area contributed by atoms with Crippen LogP contribution < -0.4 is 32.7 Å². The number of hydrogen-bond acceptors (Lipinski definition) is 12. The normalized spacial score (nSPS) is 13.6. The molecule has 0 radical (unpaired) electrons. The van der Waals surface area contributed by atoms with Crippen molar-refractivity contribution in [2.24, 2.45) is 11.5 Å². The summed E-state index contributed by atoms with van der Waals surface area (Å²) in [4.78, 5) is 92.0. The maximum atomic E-state index is 12.5. The lowest BCUT2D eigenvalue weighted by Gasteiger charge is -2.20. The minimum Gasteiger partial charge on any atom is -0.481 e. The van der Waals surface area contributed by atoms with Crippen LogP contribution in [0.15, 0.2) is 0 Å². The molecule has 4 amide bonds. The highest BCUT2D eigenvalue weighted by atomic mass is 33.1. The van der Waals surface area contributed by atoms with Crippen LogP contribution in [0.25, 0.3) is 0 Å². The van der Waals surface area contributed by atoms with Crippen LogP contribution in [0.5, 0.6) is 0 Å². The van der Waals surface area contributed by atoms with Gasteiger partial charge in [-0.15, -0.1) is 0 Å². The molecule has 18 nitrogen and oxygen atoms in total. The second-order valence-electron chi connectivity index (χ2n) is 8.00. The van der Waals surface area contributed by atoms with E-state index in [0.717, 1.165) is 21.6 Å². The molecule has 4 unspecified atom stereocenters. The Bertz CT molecular complexity index is 879. The van der Waals surface area contributed by atoms with Crippen LogP contribution in [0, 0.1) is 0 Å². The van der Waals surface area contributed by atoms with Crippen molar-refractivity contribution in [2.45, 2.75) is 49.9 Å². The summed E-state index contributed by atoms with van der Waals surface area (Å²) in [6.07, 6.45) is -2.09. The predicted molar refractivity (Wildman–Crippen MR) is 140 cm³/mol. The Morgan fingerprint density at radius 3 is 1.20 bits per heavy atom. The first-order chi connectivity index (χ1) is 18.6. The SMILES string of the molecule is NC(CCNC(=O)C(CSSCC(NC(=O)CC(=O)O)C(=O)NCCC(N)C(=O)O)NC(=O)CC(=O)O)C(=O)O. The summed E-state index contributed by atoms with van der Waals surface area (Å²) in [5.41, 5.74) is 10.7. The van der Waals surface area contributed by atoms with Gasteiger partial charge in [0, 0.05) is 24.6 Å². The summed E-state index contributed by atoms with van der Waals surface area (Å²) in [7, 11) is 1.89. The maximum Gasteiger partial charge on any atom is 0.320 e. The van der Waals surface area contributed by atoms with Gasteiger partial charge in [0.15, 0.2) is 0 Å². The van der Waals surface area contributed by atoms with Crippen molar-refractivity contribution in [3.05, 3.63) is 0 Å². The highest BCUT2D eigenvalue weighted by molar-refractivity contribution is 8.76. The molecule has 0 bridgehead atoms. The Balaban J connectivity index is 5.17. The minimum absolute atomic E-state index is 0.122. The number of carboxylic acid groups (broad SMARTS) is 4. The second-order valence-corrected chi connectivity index (χ2v) is 10.6. The van der Waals surface area contributed by atoms with E-state index >= 15 is 0 Å². The maximum absolute atomic E-state index is 12.5. The molecule has 0 heterocycles. The van der Waals surface area contributed by atoms with E-state index in [1.54, 1.807) is 0 Å². The highest BCUT2D eigenvalue weighted by Crippen LogP contribution is 2.23. The van der Waals surface area contributed by atoms with E-state index in [1.165, 1.54) is 0 Å². The van der Waals surface area contributed by atoms with E-state index in [0.29, 0.717) is 0 Å². The molecule has 0 saturated carbocycles. The average molecular weight is 613 g/mol. The molecule has 20 heteroatoms. The number of hydrogen-bond donors (Lipinski definition) is 10. The van der Waals surface area contributed by atoms with E-state index in [9.17, 15) is 38.4 Å². The third-order valence-corrected chi connectivity index (χ3v) is 7.05. The van der Waals surface area contributed by atoms with Crippen LogP contribution >= 0.6 is 21.6 Å². The van der Waals surface area contributed by atoms with Crippen LogP contribution in [-0.2, 0) is 38.4 Å². The third-order valence-electron chi connectivity index (χ3n) is 4.62. The summed E-state index contributed by atoms with van der Waals surface area (Å²) >= 11 is 0. The van der Waals surface area contributed by atoms with Gasteiger partial charge in [0.25, 0.3) is 0 Å². The number of carbonyl (C=O) groups is 8. The molecule has 0 aromatic carbocycles. The number of nitrogens with two attached hydrogens (primary N) is 2. The molecule has 12 N–H and O–H groups in total. The van der Waals surface area contributed by atoms with Crippen molar-refractivity contribution in [1.29, 1.82) is 0 Å². The largest absolute Gasteiger partial charge is 0.481 e. The van der Waals surface area contributed by atoms with Crippen molar-refractivity contribution >= 4 is 69.1 Å². The minimum atomic E-state index is -1.44. The van der Waals surface area contributed by atoms with Crippen LogP contribution in [0.4, 0.5) is 0 Å². The number of nitrogens with one attached hydrogen (secondary N) is 4. The average Bonchev–Trinajstić information content (AvgIpc) is 2.83. The molecule has 0 spiro atoms. The van der Waals surface area contributed by atoms with Gasteiger partial charge in [0.1, 0.15) is 37.0 Å². The fourth-order valence-electron chi connectivity index (χ4n) is 2.56. The fourth-order valence-corrected chi connectivity index (χ4v) is 4.89. The molecule has 40 heavy (non-hydrogen) atoms. The quantitative estimate of drug-likeness (QED) is 0.0336. The second kappa shape index (κ2) is 19.4. The Labute approximate surface area is 235 Å². The molecule has 0 aromatic rings. The van der Waals surface area contributed by atoms with E-state index in [-0.39, 0.29) is 37.4 Å². The van der Waals surface area contributed by atoms with Gasteiger partial charge < -0.3 is 53.2 Å². The predicted octanol–water partition coefficient (Wildman–Crippen LogP) is -3.88. The van der Waals surface area contributed by atoms with E-state index < -0.39 is 84.5 Å². The van der Waals surface area contributed by atoms with Crippen molar-refractivity contribution < 1.29 is 58.8 Å². The fraction of sp³-hybridized carbons (Fsp3) is 0.600. The highest BCUT2D eigenvalue weighted by Gasteiger charge is 2.25. The monoisotopic (exact) mass is 612 g/mol. The van der Waals surface area contributed by atoms with Gasteiger partial charge in [0.05, 0.1) is 0 Å². The lowest BCUT2D eigenvalue weighted by molar-refractivity contribution is -0.143. The molecule has 4 atom stereocenters. The molecule has 0 aromatic heterocycles. The summed E-state index contributed by atoms with van der Waals surface area (Å²) in [5, 5.41) is 44.4. The van der Waals surface area contributed by atoms with Crippen molar-refractivity contribution in [3.8, 4) is 0 Å². The lowest BCUT2D eigenvalue weighted by Crippen LogP contribution is -2.50. The van der Waals surface area contributed by atoms with E-state index in [1.807, 2.05) is 0 Å². The summed E-state index contributed by atoms with van der Waals surface area (Å²) in [5.74, 6) is -9.24. The first kappa shape index (κ1) is 36.4. The zero-order chi connectivity index (χ0) is 30.8. The molecule has 0 aliphatic rings. The Morgan fingerprint density at radius 2 is 0.925 bits per heavy atom. The van der Waals surface area contributed by atoms with E-state index in [4.69, 9.17) is 31.9 Å². The number of carbonyl (C=O) groups excluding carboxylic acids is 4. The van der Waals surface area contributed by atoms with Gasteiger partial charge in [-0.3, -0.25) is 38.4 Å². The lowest BCUT2D eigenvalue weighted by atomic mass is 10.2. The molecule has 0 aliphatic heterocycles. The number of aliphatic carboxylic acids is 4. The van der Waals surface area contributed by atoms with Crippen molar-refractivity contribution in [2.75, 3.05) is 24.6 Å². The molecule has 0 rings (SSSR count). The van der Waals surface area contributed by atoms with Crippen LogP contribution in [0.1, 0.15) is 25.7 Å².